The third-order valence-corrected chi connectivity index (χ3v) is 1.23. The molecule has 0 heterocycles. The number of hydrogen-bond donors (Lipinski definition) is 1. The van der Waals surface area contributed by atoms with Gasteiger partial charge in [-0.25, -0.2) is 4.79 Å². The number of aliphatic hydroxyl groups excluding tert-OH is 1. The zero-order valence-corrected chi connectivity index (χ0v) is 6.77. The molecule has 0 radical (unpaired) electrons. The van der Waals surface area contributed by atoms with E-state index in [1.807, 2.05) is 0 Å². The van der Waals surface area contributed by atoms with Crippen LogP contribution in [0.5, 0.6) is 0 Å². The van der Waals surface area contributed by atoms with Crippen molar-refractivity contribution in [2.24, 2.45) is 0 Å². The first kappa shape index (κ1) is 10.7. The summed E-state index contributed by atoms with van der Waals surface area (Å²) in [6.45, 7) is 9.96. The van der Waals surface area contributed by atoms with Gasteiger partial charge in [0.2, 0.25) is 0 Å². The first-order chi connectivity index (χ1) is 5.65. The van der Waals surface area contributed by atoms with Crippen LogP contribution < -0.4 is 0 Å². The lowest BCUT2D eigenvalue weighted by atomic mass is 10.2. The fourth-order valence-corrected chi connectivity index (χ4v) is 0.574. The predicted octanol–water partition coefficient (Wildman–Crippen LogP) is 0.817. The van der Waals surface area contributed by atoms with Gasteiger partial charge in [-0.1, -0.05) is 19.2 Å². The van der Waals surface area contributed by atoms with E-state index < -0.39 is 18.2 Å². The third-order valence-electron chi connectivity index (χ3n) is 1.23. The Labute approximate surface area is 71.7 Å². The summed E-state index contributed by atoms with van der Waals surface area (Å²) in [5, 5.41) is 9.16. The summed E-state index contributed by atoms with van der Waals surface area (Å²) in [5.74, 6) is -0.596. The van der Waals surface area contributed by atoms with E-state index in [9.17, 15) is 4.79 Å². The molecule has 0 saturated heterocycles. The zero-order valence-electron chi connectivity index (χ0n) is 6.77. The normalized spacial score (nSPS) is 14.1. The molecule has 0 aliphatic carbocycles. The van der Waals surface area contributed by atoms with E-state index in [0.717, 1.165) is 6.08 Å². The van der Waals surface area contributed by atoms with Gasteiger partial charge in [-0.3, -0.25) is 0 Å². The molecule has 0 aliphatic rings. The van der Waals surface area contributed by atoms with Crippen LogP contribution in [-0.4, -0.2) is 23.3 Å². The van der Waals surface area contributed by atoms with Crippen LogP contribution >= 0.6 is 0 Å². The number of ether oxygens (including phenoxy) is 1. The summed E-state index contributed by atoms with van der Waals surface area (Å²) >= 11 is 0. The summed E-state index contributed by atoms with van der Waals surface area (Å²) in [7, 11) is 0. The summed E-state index contributed by atoms with van der Waals surface area (Å²) in [4.78, 5) is 10.7. The van der Waals surface area contributed by atoms with Gasteiger partial charge < -0.3 is 9.84 Å². The zero-order chi connectivity index (χ0) is 9.56. The number of hydrogen-bond acceptors (Lipinski definition) is 3. The van der Waals surface area contributed by atoms with Gasteiger partial charge in [0.1, 0.15) is 12.2 Å². The van der Waals surface area contributed by atoms with Gasteiger partial charge in [-0.05, 0) is 6.08 Å². The standard InChI is InChI=1S/C9H12O3/c1-4-7(10)8(5-2)12-9(11)6-3/h4-8,10H,1-3H2. The highest BCUT2D eigenvalue weighted by atomic mass is 16.6. The van der Waals surface area contributed by atoms with E-state index in [-0.39, 0.29) is 0 Å². The predicted molar refractivity (Wildman–Crippen MR) is 46.5 cm³/mol. The highest BCUT2D eigenvalue weighted by molar-refractivity contribution is 5.81. The number of esters is 1. The molecular formula is C9H12O3. The van der Waals surface area contributed by atoms with Gasteiger partial charge in [-0.2, -0.15) is 0 Å². The molecule has 0 aromatic carbocycles. The van der Waals surface area contributed by atoms with Crippen molar-refractivity contribution >= 4 is 5.97 Å². The van der Waals surface area contributed by atoms with Gasteiger partial charge in [0, 0.05) is 6.08 Å². The second-order valence-electron chi connectivity index (χ2n) is 2.07. The molecule has 2 unspecified atom stereocenters. The molecule has 3 nitrogen and oxygen atoms in total. The summed E-state index contributed by atoms with van der Waals surface area (Å²) < 4.78 is 4.71. The van der Waals surface area contributed by atoms with Crippen LogP contribution in [0.25, 0.3) is 0 Å². The molecule has 0 amide bonds. The van der Waals surface area contributed by atoms with E-state index in [4.69, 9.17) is 9.84 Å². The number of carbonyl (C=O) groups excluding carboxylic acids is 1. The summed E-state index contributed by atoms with van der Waals surface area (Å²) in [6.07, 6.45) is 1.93. The van der Waals surface area contributed by atoms with Gasteiger partial charge in [-0.15, -0.1) is 6.58 Å². The first-order valence-electron chi connectivity index (χ1n) is 3.42. The number of rotatable bonds is 5. The molecule has 0 fully saturated rings. The van der Waals surface area contributed by atoms with Crippen molar-refractivity contribution in [3.63, 3.8) is 0 Å². The van der Waals surface area contributed by atoms with Crippen LogP contribution in [0.1, 0.15) is 0 Å². The Balaban J connectivity index is 4.16. The summed E-state index contributed by atoms with van der Waals surface area (Å²) in [5.41, 5.74) is 0. The second-order valence-corrected chi connectivity index (χ2v) is 2.07. The van der Waals surface area contributed by atoms with Gasteiger partial charge in [0.05, 0.1) is 0 Å². The highest BCUT2D eigenvalue weighted by Crippen LogP contribution is 2.02. The summed E-state index contributed by atoms with van der Waals surface area (Å²) in [6, 6.07) is 0. The Morgan fingerprint density at radius 2 is 1.92 bits per heavy atom. The number of aliphatic hydroxyl groups is 1. The van der Waals surface area contributed by atoms with Crippen LogP contribution in [0.15, 0.2) is 38.0 Å². The third kappa shape index (κ3) is 3.16. The molecule has 0 saturated carbocycles. The van der Waals surface area contributed by atoms with Gasteiger partial charge in [0.15, 0.2) is 0 Å². The van der Waals surface area contributed by atoms with Crippen molar-refractivity contribution in [2.75, 3.05) is 0 Å². The van der Waals surface area contributed by atoms with Crippen LogP contribution in [0.3, 0.4) is 0 Å². The van der Waals surface area contributed by atoms with E-state index in [0.29, 0.717) is 0 Å². The van der Waals surface area contributed by atoms with Gasteiger partial charge in [0.25, 0.3) is 0 Å². The topological polar surface area (TPSA) is 46.5 Å². The van der Waals surface area contributed by atoms with Crippen molar-refractivity contribution < 1.29 is 14.6 Å². The average molecular weight is 168 g/mol. The molecule has 0 rings (SSSR count). The molecule has 0 aromatic heterocycles. The minimum Gasteiger partial charge on any atom is -0.452 e. The Hall–Kier alpha value is -1.35. The maximum absolute atomic E-state index is 10.7. The quantitative estimate of drug-likeness (QED) is 0.375. The molecule has 0 aromatic rings. The lowest BCUT2D eigenvalue weighted by Crippen LogP contribution is -2.26. The molecule has 2 atom stereocenters. The molecular weight excluding hydrogens is 156 g/mol. The lowest BCUT2D eigenvalue weighted by Gasteiger charge is -2.15. The van der Waals surface area contributed by atoms with E-state index in [1.165, 1.54) is 12.2 Å². The van der Waals surface area contributed by atoms with E-state index in [1.54, 1.807) is 0 Å². The maximum atomic E-state index is 10.7. The van der Waals surface area contributed by atoms with Crippen molar-refractivity contribution in [1.29, 1.82) is 0 Å². The smallest absolute Gasteiger partial charge is 0.330 e. The second kappa shape index (κ2) is 5.32. The minimum absolute atomic E-state index is 0.596. The minimum atomic E-state index is -0.925. The SMILES string of the molecule is C=CC(=O)OC(C=C)C(O)C=C. The molecule has 1 N–H and O–H groups in total. The Kier molecular flexibility index (Phi) is 4.72. The Morgan fingerprint density at radius 1 is 1.33 bits per heavy atom. The maximum Gasteiger partial charge on any atom is 0.330 e. The molecule has 0 spiro atoms. The Morgan fingerprint density at radius 3 is 2.25 bits per heavy atom. The van der Waals surface area contributed by atoms with Crippen molar-refractivity contribution in [1.82, 2.24) is 0 Å². The molecule has 3 heteroatoms. The van der Waals surface area contributed by atoms with Crippen molar-refractivity contribution in [3.05, 3.63) is 38.0 Å². The van der Waals surface area contributed by atoms with Crippen molar-refractivity contribution in [3.8, 4) is 0 Å². The van der Waals surface area contributed by atoms with Crippen LogP contribution in [-0.2, 0) is 9.53 Å². The molecule has 0 bridgehead atoms. The van der Waals surface area contributed by atoms with Crippen LogP contribution in [0.2, 0.25) is 0 Å². The fraction of sp³-hybridized carbons (Fsp3) is 0.222. The lowest BCUT2D eigenvalue weighted by molar-refractivity contribution is -0.144. The molecule has 66 valence electrons. The monoisotopic (exact) mass is 168 g/mol. The Bertz CT molecular complexity index is 196. The number of carbonyl (C=O) groups is 1. The fourth-order valence-electron chi connectivity index (χ4n) is 0.574. The average Bonchev–Trinajstić information content (AvgIpc) is 2.12. The van der Waals surface area contributed by atoms with Crippen LogP contribution in [0.4, 0.5) is 0 Å². The van der Waals surface area contributed by atoms with Crippen molar-refractivity contribution in [2.45, 2.75) is 12.2 Å². The van der Waals surface area contributed by atoms with E-state index in [2.05, 4.69) is 19.7 Å². The highest BCUT2D eigenvalue weighted by Gasteiger charge is 2.15. The van der Waals surface area contributed by atoms with Crippen LogP contribution in [0, 0.1) is 0 Å². The largest absolute Gasteiger partial charge is 0.452 e. The van der Waals surface area contributed by atoms with E-state index >= 15 is 0 Å². The first-order valence-corrected chi connectivity index (χ1v) is 3.42. The molecule has 12 heavy (non-hydrogen) atoms. The van der Waals surface area contributed by atoms with Gasteiger partial charge >= 0.3 is 5.97 Å². The molecule has 0 aliphatic heterocycles.